The van der Waals surface area contributed by atoms with Crippen LogP contribution in [0, 0.1) is 0 Å². The van der Waals surface area contributed by atoms with Crippen molar-refractivity contribution in [1.29, 1.82) is 0 Å². The molecule has 274 valence electrons. The van der Waals surface area contributed by atoms with Crippen LogP contribution in [-0.4, -0.2) is 24.6 Å². The molecule has 6 aromatic rings. The van der Waals surface area contributed by atoms with Gasteiger partial charge in [-0.3, -0.25) is 10.0 Å². The Labute approximate surface area is 327 Å². The van der Waals surface area contributed by atoms with Gasteiger partial charge < -0.3 is 9.47 Å². The number of hydrazone groups is 2. The summed E-state index contributed by atoms with van der Waals surface area (Å²) in [5.41, 5.74) is 6.77. The van der Waals surface area contributed by atoms with E-state index in [1.54, 1.807) is 22.7 Å². The molecule has 6 nitrogen and oxygen atoms in total. The van der Waals surface area contributed by atoms with Gasteiger partial charge in [-0.15, -0.1) is 22.7 Å². The van der Waals surface area contributed by atoms with Crippen LogP contribution in [0.25, 0.3) is 0 Å². The molecule has 0 saturated heterocycles. The topological polar surface area (TPSA) is 49.7 Å². The van der Waals surface area contributed by atoms with Crippen LogP contribution in [0.5, 0.6) is 11.5 Å². The number of unbranched alkanes of at least 4 members (excludes halogenated alkanes) is 5. The van der Waals surface area contributed by atoms with E-state index < -0.39 is 0 Å². The second-order valence-corrected chi connectivity index (χ2v) is 15.7. The lowest BCUT2D eigenvalue weighted by molar-refractivity contribution is 0.297. The molecule has 0 saturated carbocycles. The molecule has 0 aliphatic carbocycles. The maximum atomic E-state index is 6.10. The Bertz CT molecular complexity index is 1930. The first-order chi connectivity index (χ1) is 26.8. The SMILES string of the molecule is c1ccc(N2N=C(c3ccc(OCCCCCCCCOc4ccc(C5=NN(c6ccccc6)[C@H](c6cccs6)C5)cc4)cc3)C[C@@H]2c2cccs2)cc1. The molecule has 4 heterocycles. The highest BCUT2D eigenvalue weighted by atomic mass is 32.1. The van der Waals surface area contributed by atoms with Gasteiger partial charge in [0.25, 0.3) is 0 Å². The predicted molar refractivity (Wildman–Crippen MR) is 226 cm³/mol. The summed E-state index contributed by atoms with van der Waals surface area (Å²) in [5.74, 6) is 1.84. The number of ether oxygens (including phenoxy) is 2. The van der Waals surface area contributed by atoms with Gasteiger partial charge >= 0.3 is 0 Å². The lowest BCUT2D eigenvalue weighted by atomic mass is 10.0. The minimum atomic E-state index is 0.222. The van der Waals surface area contributed by atoms with Crippen molar-refractivity contribution in [3.8, 4) is 11.5 Å². The number of hydrogen-bond donors (Lipinski definition) is 0. The second-order valence-electron chi connectivity index (χ2n) is 13.8. The summed E-state index contributed by atoms with van der Waals surface area (Å²) >= 11 is 3.59. The molecule has 0 radical (unpaired) electrons. The number of thiophene rings is 2. The molecule has 0 N–H and O–H groups in total. The zero-order valence-electron chi connectivity index (χ0n) is 30.5. The highest BCUT2D eigenvalue weighted by molar-refractivity contribution is 7.10. The number of anilines is 2. The predicted octanol–water partition coefficient (Wildman–Crippen LogP) is 12.3. The van der Waals surface area contributed by atoms with Crippen molar-refractivity contribution in [3.63, 3.8) is 0 Å². The van der Waals surface area contributed by atoms with Gasteiger partial charge in [-0.05, 0) is 120 Å². The molecule has 8 heteroatoms. The highest BCUT2D eigenvalue weighted by Crippen LogP contribution is 2.40. The molecule has 2 atom stereocenters. The number of rotatable bonds is 17. The Morgan fingerprint density at radius 3 is 1.26 bits per heavy atom. The fourth-order valence-electron chi connectivity index (χ4n) is 7.19. The fourth-order valence-corrected chi connectivity index (χ4v) is 8.81. The molecule has 0 bridgehead atoms. The minimum Gasteiger partial charge on any atom is -0.494 e. The van der Waals surface area contributed by atoms with Gasteiger partial charge in [-0.2, -0.15) is 10.2 Å². The first-order valence-corrected chi connectivity index (χ1v) is 20.9. The van der Waals surface area contributed by atoms with E-state index in [4.69, 9.17) is 19.7 Å². The Hall–Kier alpha value is -5.18. The third kappa shape index (κ3) is 8.78. The van der Waals surface area contributed by atoms with E-state index in [2.05, 4.69) is 154 Å². The molecule has 54 heavy (non-hydrogen) atoms. The smallest absolute Gasteiger partial charge is 0.119 e. The quantitative estimate of drug-likeness (QED) is 0.0871. The number of nitrogens with zero attached hydrogens (tertiary/aromatic N) is 4. The molecule has 0 unspecified atom stereocenters. The maximum absolute atomic E-state index is 6.10. The second kappa shape index (κ2) is 17.8. The summed E-state index contributed by atoms with van der Waals surface area (Å²) in [5, 5.41) is 18.8. The molecule has 2 aliphatic heterocycles. The summed E-state index contributed by atoms with van der Waals surface area (Å²) < 4.78 is 12.2. The van der Waals surface area contributed by atoms with Gasteiger partial charge in [0.15, 0.2) is 0 Å². The van der Waals surface area contributed by atoms with Crippen molar-refractivity contribution in [2.75, 3.05) is 23.2 Å². The van der Waals surface area contributed by atoms with Crippen LogP contribution in [0.4, 0.5) is 11.4 Å². The van der Waals surface area contributed by atoms with Crippen LogP contribution in [-0.2, 0) is 0 Å². The molecule has 2 aliphatic rings. The van der Waals surface area contributed by atoms with Crippen LogP contribution in [0.1, 0.15) is 84.3 Å². The van der Waals surface area contributed by atoms with E-state index in [0.717, 1.165) is 84.3 Å². The average molecular weight is 751 g/mol. The van der Waals surface area contributed by atoms with E-state index in [0.29, 0.717) is 0 Å². The summed E-state index contributed by atoms with van der Waals surface area (Å²) in [6, 6.07) is 47.0. The molecule has 4 aromatic carbocycles. The number of para-hydroxylation sites is 2. The minimum absolute atomic E-state index is 0.222. The lowest BCUT2D eigenvalue weighted by Crippen LogP contribution is -2.17. The van der Waals surface area contributed by atoms with Crippen molar-refractivity contribution in [3.05, 3.63) is 165 Å². The van der Waals surface area contributed by atoms with Crippen molar-refractivity contribution < 1.29 is 9.47 Å². The van der Waals surface area contributed by atoms with Crippen LogP contribution in [0.15, 0.2) is 154 Å². The Balaban J connectivity index is 0.719. The maximum Gasteiger partial charge on any atom is 0.119 e. The monoisotopic (exact) mass is 750 g/mol. The summed E-state index contributed by atoms with van der Waals surface area (Å²) in [6.45, 7) is 1.49. The molecule has 2 aromatic heterocycles. The molecule has 8 rings (SSSR count). The Morgan fingerprint density at radius 1 is 0.463 bits per heavy atom. The number of benzene rings is 4. The zero-order valence-corrected chi connectivity index (χ0v) is 32.1. The molecule has 0 amide bonds. The van der Waals surface area contributed by atoms with Gasteiger partial charge in [-0.1, -0.05) is 74.2 Å². The summed E-state index contributed by atoms with van der Waals surface area (Å²) in [7, 11) is 0. The van der Waals surface area contributed by atoms with E-state index >= 15 is 0 Å². The van der Waals surface area contributed by atoms with Gasteiger partial charge in [0, 0.05) is 22.6 Å². The first-order valence-electron chi connectivity index (χ1n) is 19.2. The van der Waals surface area contributed by atoms with Gasteiger partial charge in [0.05, 0.1) is 48.1 Å². The van der Waals surface area contributed by atoms with Crippen molar-refractivity contribution in [2.45, 2.75) is 63.5 Å². The van der Waals surface area contributed by atoms with Crippen LogP contribution >= 0.6 is 22.7 Å². The standard InChI is InChI=1S/C46H46N4O2S2/c1(3-11-29-51-39-25-21-35(22-26-39)41-33-43(45-19-13-31-53-45)49(47-41)37-15-7-5-8-16-37)2-4-12-30-52-40-27-23-36(24-28-40)42-34-44(46-20-14-32-54-46)50(48-42)38-17-9-6-10-18-38/h5-10,13-28,31-32,43-44H,1-4,11-12,29-30,33-34H2/t43-,44+. The summed E-state index contributed by atoms with van der Waals surface area (Å²) in [6.07, 6.45) is 8.69. The fraction of sp³-hybridized carbons (Fsp3) is 0.261. The van der Waals surface area contributed by atoms with E-state index in [-0.39, 0.29) is 12.1 Å². The lowest BCUT2D eigenvalue weighted by Gasteiger charge is -2.22. The van der Waals surface area contributed by atoms with E-state index in [1.807, 2.05) is 0 Å². The van der Waals surface area contributed by atoms with Gasteiger partial charge in [-0.25, -0.2) is 0 Å². The van der Waals surface area contributed by atoms with Crippen LogP contribution < -0.4 is 19.5 Å². The van der Waals surface area contributed by atoms with Crippen molar-refractivity contribution in [1.82, 2.24) is 0 Å². The van der Waals surface area contributed by atoms with Gasteiger partial charge in [0.1, 0.15) is 11.5 Å². The van der Waals surface area contributed by atoms with Crippen molar-refractivity contribution >= 4 is 45.5 Å². The van der Waals surface area contributed by atoms with E-state index in [1.165, 1.54) is 35.4 Å². The first kappa shape index (κ1) is 35.8. The third-order valence-corrected chi connectivity index (χ3v) is 12.0. The molecule has 0 fully saturated rings. The van der Waals surface area contributed by atoms with E-state index in [9.17, 15) is 0 Å². The summed E-state index contributed by atoms with van der Waals surface area (Å²) in [4.78, 5) is 2.67. The zero-order chi connectivity index (χ0) is 36.4. The number of hydrogen-bond acceptors (Lipinski definition) is 8. The van der Waals surface area contributed by atoms with Crippen molar-refractivity contribution in [2.24, 2.45) is 10.2 Å². The largest absolute Gasteiger partial charge is 0.494 e. The third-order valence-electron chi connectivity index (χ3n) is 10.1. The van der Waals surface area contributed by atoms with Gasteiger partial charge in [0.2, 0.25) is 0 Å². The normalized spacial score (nSPS) is 16.7. The molecule has 0 spiro atoms. The Morgan fingerprint density at radius 2 is 0.870 bits per heavy atom. The van der Waals surface area contributed by atoms with Crippen LogP contribution in [0.2, 0.25) is 0 Å². The molecular weight excluding hydrogens is 705 g/mol. The highest BCUT2D eigenvalue weighted by Gasteiger charge is 2.31. The molecular formula is C46H46N4O2S2. The Kier molecular flexibility index (Phi) is 11.8. The van der Waals surface area contributed by atoms with Crippen LogP contribution in [0.3, 0.4) is 0 Å². The average Bonchev–Trinajstić information content (AvgIpc) is 4.07.